The zero-order valence-electron chi connectivity index (χ0n) is 15.2. The van der Waals surface area contributed by atoms with E-state index in [4.69, 9.17) is 25.6 Å². The Morgan fingerprint density at radius 3 is 2.59 bits per heavy atom. The number of carbonyl (C=O) groups is 1. The summed E-state index contributed by atoms with van der Waals surface area (Å²) in [4.78, 5) is 12.2. The molecule has 140 valence electrons. The molecule has 2 aromatic carbocycles. The van der Waals surface area contributed by atoms with Crippen LogP contribution in [0.3, 0.4) is 0 Å². The molecule has 0 unspecified atom stereocenters. The summed E-state index contributed by atoms with van der Waals surface area (Å²) in [6.07, 6.45) is 0.0856. The standard InChI is InChI=1S/C20H19ClN2O4/c1-12-4-6-14(9-16(12)21)22-20(24)11-15-10-18(27-23-15)13-5-7-17(25-2)19(8-13)26-3/h4-10H,11H2,1-3H3,(H,22,24). The lowest BCUT2D eigenvalue weighted by molar-refractivity contribution is -0.115. The van der Waals surface area contributed by atoms with E-state index in [0.717, 1.165) is 11.1 Å². The van der Waals surface area contributed by atoms with Crippen molar-refractivity contribution in [3.05, 3.63) is 58.7 Å². The Labute approximate surface area is 162 Å². The Morgan fingerprint density at radius 2 is 1.89 bits per heavy atom. The number of hydrogen-bond acceptors (Lipinski definition) is 5. The van der Waals surface area contributed by atoms with Gasteiger partial charge in [-0.2, -0.15) is 0 Å². The van der Waals surface area contributed by atoms with E-state index in [0.29, 0.717) is 33.7 Å². The highest BCUT2D eigenvalue weighted by molar-refractivity contribution is 6.31. The molecule has 1 heterocycles. The van der Waals surface area contributed by atoms with Gasteiger partial charge in [0.1, 0.15) is 0 Å². The summed E-state index contributed by atoms with van der Waals surface area (Å²) in [7, 11) is 3.14. The van der Waals surface area contributed by atoms with E-state index in [1.54, 1.807) is 44.6 Å². The van der Waals surface area contributed by atoms with Crippen LogP contribution in [0.15, 0.2) is 47.0 Å². The van der Waals surface area contributed by atoms with Gasteiger partial charge >= 0.3 is 0 Å². The van der Waals surface area contributed by atoms with Gasteiger partial charge in [0.25, 0.3) is 0 Å². The molecule has 0 aliphatic heterocycles. The highest BCUT2D eigenvalue weighted by atomic mass is 35.5. The van der Waals surface area contributed by atoms with Crippen LogP contribution in [-0.2, 0) is 11.2 Å². The minimum Gasteiger partial charge on any atom is -0.493 e. The first-order valence-electron chi connectivity index (χ1n) is 8.24. The summed E-state index contributed by atoms with van der Waals surface area (Å²) in [6.45, 7) is 1.90. The first-order valence-corrected chi connectivity index (χ1v) is 8.62. The molecule has 0 atom stereocenters. The lowest BCUT2D eigenvalue weighted by Crippen LogP contribution is -2.14. The van der Waals surface area contributed by atoms with E-state index in [1.165, 1.54) is 0 Å². The molecule has 3 rings (SSSR count). The Bertz CT molecular complexity index is 968. The molecule has 1 N–H and O–H groups in total. The fraction of sp³-hybridized carbons (Fsp3) is 0.200. The fourth-order valence-electron chi connectivity index (χ4n) is 2.56. The molecule has 27 heavy (non-hydrogen) atoms. The maximum Gasteiger partial charge on any atom is 0.230 e. The second-order valence-corrected chi connectivity index (χ2v) is 6.35. The molecule has 0 saturated carbocycles. The van der Waals surface area contributed by atoms with Crippen LogP contribution >= 0.6 is 11.6 Å². The van der Waals surface area contributed by atoms with Crippen molar-refractivity contribution in [2.75, 3.05) is 19.5 Å². The number of methoxy groups -OCH3 is 2. The Kier molecular flexibility index (Phi) is 5.66. The van der Waals surface area contributed by atoms with Crippen LogP contribution in [-0.4, -0.2) is 25.3 Å². The number of hydrogen-bond donors (Lipinski definition) is 1. The molecule has 1 aromatic heterocycles. The first-order chi connectivity index (χ1) is 13.0. The predicted molar refractivity (Wildman–Crippen MR) is 104 cm³/mol. The molecule has 6 nitrogen and oxygen atoms in total. The molecule has 1 amide bonds. The van der Waals surface area contributed by atoms with Gasteiger partial charge in [0.05, 0.1) is 26.3 Å². The van der Waals surface area contributed by atoms with Crippen LogP contribution in [0.25, 0.3) is 11.3 Å². The van der Waals surface area contributed by atoms with Gasteiger partial charge in [-0.05, 0) is 42.8 Å². The van der Waals surface area contributed by atoms with Crippen LogP contribution in [0.2, 0.25) is 5.02 Å². The molecule has 0 bridgehead atoms. The lowest BCUT2D eigenvalue weighted by Gasteiger charge is -2.07. The van der Waals surface area contributed by atoms with Crippen molar-refractivity contribution in [1.82, 2.24) is 5.16 Å². The Hall–Kier alpha value is -2.99. The van der Waals surface area contributed by atoms with E-state index >= 15 is 0 Å². The van der Waals surface area contributed by atoms with Crippen molar-refractivity contribution >= 4 is 23.2 Å². The van der Waals surface area contributed by atoms with Gasteiger partial charge in [-0.1, -0.05) is 22.8 Å². The van der Waals surface area contributed by atoms with E-state index in [9.17, 15) is 4.79 Å². The van der Waals surface area contributed by atoms with Crippen molar-refractivity contribution in [2.45, 2.75) is 13.3 Å². The molecular weight excluding hydrogens is 368 g/mol. The van der Waals surface area contributed by atoms with E-state index in [-0.39, 0.29) is 12.3 Å². The van der Waals surface area contributed by atoms with Gasteiger partial charge in [0.2, 0.25) is 5.91 Å². The number of rotatable bonds is 6. The minimum absolute atomic E-state index is 0.0856. The summed E-state index contributed by atoms with van der Waals surface area (Å²) in [6, 6.07) is 12.5. The molecule has 0 saturated heterocycles. The summed E-state index contributed by atoms with van der Waals surface area (Å²) >= 11 is 6.08. The minimum atomic E-state index is -0.206. The van der Waals surface area contributed by atoms with Crippen molar-refractivity contribution < 1.29 is 18.8 Å². The Balaban J connectivity index is 1.70. The van der Waals surface area contributed by atoms with Crippen molar-refractivity contribution in [2.24, 2.45) is 0 Å². The Morgan fingerprint density at radius 1 is 1.11 bits per heavy atom. The number of ether oxygens (including phenoxy) is 2. The number of aromatic nitrogens is 1. The van der Waals surface area contributed by atoms with Crippen LogP contribution in [0.5, 0.6) is 11.5 Å². The van der Waals surface area contributed by atoms with Crippen LogP contribution in [0, 0.1) is 6.92 Å². The average molecular weight is 387 g/mol. The molecular formula is C20H19ClN2O4. The SMILES string of the molecule is COc1ccc(-c2cc(CC(=O)Nc3ccc(C)c(Cl)c3)no2)cc1OC. The van der Waals surface area contributed by atoms with Gasteiger partial charge in [0.15, 0.2) is 17.3 Å². The van der Waals surface area contributed by atoms with Crippen LogP contribution < -0.4 is 14.8 Å². The first kappa shape index (κ1) is 18.8. The number of halogens is 1. The molecule has 0 fully saturated rings. The third-order valence-electron chi connectivity index (χ3n) is 4.02. The van der Waals surface area contributed by atoms with Gasteiger partial charge < -0.3 is 19.3 Å². The smallest absolute Gasteiger partial charge is 0.230 e. The second kappa shape index (κ2) is 8.14. The normalized spacial score (nSPS) is 10.5. The van der Waals surface area contributed by atoms with E-state index < -0.39 is 0 Å². The van der Waals surface area contributed by atoms with E-state index in [2.05, 4.69) is 10.5 Å². The average Bonchev–Trinajstić information content (AvgIpc) is 3.12. The third-order valence-corrected chi connectivity index (χ3v) is 4.43. The maximum atomic E-state index is 12.2. The zero-order valence-corrected chi connectivity index (χ0v) is 16.0. The van der Waals surface area contributed by atoms with Gasteiger partial charge in [-0.25, -0.2) is 0 Å². The summed E-state index contributed by atoms with van der Waals surface area (Å²) in [5.41, 5.74) is 2.89. The maximum absolute atomic E-state index is 12.2. The highest BCUT2D eigenvalue weighted by Crippen LogP contribution is 2.32. The summed E-state index contributed by atoms with van der Waals surface area (Å²) in [5, 5.41) is 7.37. The van der Waals surface area contributed by atoms with Gasteiger partial charge in [-0.3, -0.25) is 4.79 Å². The number of nitrogens with zero attached hydrogens (tertiary/aromatic N) is 1. The molecule has 0 spiro atoms. The number of amides is 1. The number of nitrogens with one attached hydrogen (secondary N) is 1. The number of benzene rings is 2. The van der Waals surface area contributed by atoms with Crippen molar-refractivity contribution in [3.8, 4) is 22.8 Å². The topological polar surface area (TPSA) is 73.6 Å². The number of aryl methyl sites for hydroxylation is 1. The lowest BCUT2D eigenvalue weighted by atomic mass is 10.1. The quantitative estimate of drug-likeness (QED) is 0.675. The largest absolute Gasteiger partial charge is 0.493 e. The fourth-order valence-corrected chi connectivity index (χ4v) is 2.74. The molecule has 0 aliphatic carbocycles. The highest BCUT2D eigenvalue weighted by Gasteiger charge is 2.13. The predicted octanol–water partition coefficient (Wildman–Crippen LogP) is 4.50. The summed E-state index contributed by atoms with van der Waals surface area (Å²) in [5.74, 6) is 1.54. The van der Waals surface area contributed by atoms with Gasteiger partial charge in [0, 0.05) is 22.3 Å². The number of carbonyl (C=O) groups excluding carboxylic acids is 1. The number of anilines is 1. The monoisotopic (exact) mass is 386 g/mol. The molecule has 0 aliphatic rings. The molecule has 7 heteroatoms. The third kappa shape index (κ3) is 4.41. The van der Waals surface area contributed by atoms with Crippen molar-refractivity contribution in [1.29, 1.82) is 0 Å². The van der Waals surface area contributed by atoms with Gasteiger partial charge in [-0.15, -0.1) is 0 Å². The zero-order chi connectivity index (χ0) is 19.4. The van der Waals surface area contributed by atoms with Crippen LogP contribution in [0.4, 0.5) is 5.69 Å². The van der Waals surface area contributed by atoms with E-state index in [1.807, 2.05) is 19.1 Å². The van der Waals surface area contributed by atoms with Crippen molar-refractivity contribution in [3.63, 3.8) is 0 Å². The molecule has 3 aromatic rings. The summed E-state index contributed by atoms with van der Waals surface area (Å²) < 4.78 is 15.9. The second-order valence-electron chi connectivity index (χ2n) is 5.94. The molecule has 0 radical (unpaired) electrons. The van der Waals surface area contributed by atoms with Crippen LogP contribution in [0.1, 0.15) is 11.3 Å².